The molecule has 3 heterocycles. The molecular formula is C16H29IN6O2. The molecule has 0 atom stereocenters. The predicted molar refractivity (Wildman–Crippen MR) is 107 cm³/mol. The van der Waals surface area contributed by atoms with E-state index in [0.29, 0.717) is 0 Å². The van der Waals surface area contributed by atoms with Gasteiger partial charge in [0, 0.05) is 72.0 Å². The Balaban J connectivity index is 0.00000225. The van der Waals surface area contributed by atoms with E-state index < -0.39 is 0 Å². The van der Waals surface area contributed by atoms with E-state index in [9.17, 15) is 0 Å². The van der Waals surface area contributed by atoms with E-state index in [1.165, 1.54) is 0 Å². The number of aliphatic imine (C=N–C) groups is 1. The summed E-state index contributed by atoms with van der Waals surface area (Å²) in [6.07, 6.45) is 1.63. The van der Waals surface area contributed by atoms with Gasteiger partial charge in [-0.05, 0) is 0 Å². The number of hydrogen-bond donors (Lipinski definition) is 1. The molecule has 25 heavy (non-hydrogen) atoms. The van der Waals surface area contributed by atoms with Crippen molar-refractivity contribution in [3.8, 4) is 0 Å². The van der Waals surface area contributed by atoms with E-state index in [1.807, 2.05) is 13.1 Å². The molecule has 0 spiro atoms. The van der Waals surface area contributed by atoms with Gasteiger partial charge in [-0.25, -0.2) is 0 Å². The van der Waals surface area contributed by atoms with Crippen LogP contribution in [0.1, 0.15) is 5.69 Å². The largest absolute Gasteiger partial charge is 0.379 e. The fraction of sp³-hybridized carbons (Fsp3) is 0.750. The Morgan fingerprint density at radius 2 is 1.92 bits per heavy atom. The molecular weight excluding hydrogens is 435 g/mol. The highest BCUT2D eigenvalue weighted by Crippen LogP contribution is 2.07. The number of halogens is 1. The van der Waals surface area contributed by atoms with Crippen LogP contribution in [0.15, 0.2) is 21.8 Å². The zero-order valence-corrected chi connectivity index (χ0v) is 17.2. The van der Waals surface area contributed by atoms with Gasteiger partial charge in [0.25, 0.3) is 0 Å². The number of rotatable bonds is 5. The highest BCUT2D eigenvalue weighted by atomic mass is 127. The molecule has 0 saturated carbocycles. The molecule has 8 nitrogen and oxygen atoms in total. The summed E-state index contributed by atoms with van der Waals surface area (Å²) in [7, 11) is 1.86. The van der Waals surface area contributed by atoms with Gasteiger partial charge in [-0.2, -0.15) is 0 Å². The van der Waals surface area contributed by atoms with E-state index >= 15 is 0 Å². The van der Waals surface area contributed by atoms with Crippen molar-refractivity contribution in [2.24, 2.45) is 4.99 Å². The third-order valence-electron chi connectivity index (χ3n) is 4.58. The monoisotopic (exact) mass is 464 g/mol. The Morgan fingerprint density at radius 1 is 1.16 bits per heavy atom. The zero-order valence-electron chi connectivity index (χ0n) is 14.9. The summed E-state index contributed by atoms with van der Waals surface area (Å²) in [5.41, 5.74) is 0.997. The number of nitrogens with zero attached hydrogens (tertiary/aromatic N) is 5. The zero-order chi connectivity index (χ0) is 16.6. The normalized spacial score (nSPS) is 20.4. The van der Waals surface area contributed by atoms with Crippen LogP contribution in [0.2, 0.25) is 0 Å². The van der Waals surface area contributed by atoms with Gasteiger partial charge in [-0.15, -0.1) is 24.0 Å². The van der Waals surface area contributed by atoms with Gasteiger partial charge < -0.3 is 19.5 Å². The van der Waals surface area contributed by atoms with Crippen molar-refractivity contribution in [2.75, 3.05) is 72.6 Å². The van der Waals surface area contributed by atoms with E-state index in [-0.39, 0.29) is 24.0 Å². The lowest BCUT2D eigenvalue weighted by atomic mass is 10.3. The quantitative estimate of drug-likeness (QED) is 0.383. The van der Waals surface area contributed by atoms with Crippen molar-refractivity contribution in [3.05, 3.63) is 18.0 Å². The van der Waals surface area contributed by atoms with Crippen LogP contribution in [-0.2, 0) is 11.3 Å². The number of hydrogen-bond acceptors (Lipinski definition) is 6. The average molecular weight is 464 g/mol. The van der Waals surface area contributed by atoms with Crippen LogP contribution in [0.5, 0.6) is 0 Å². The van der Waals surface area contributed by atoms with Crippen molar-refractivity contribution >= 4 is 29.9 Å². The van der Waals surface area contributed by atoms with Gasteiger partial charge in [-0.1, -0.05) is 5.16 Å². The number of guanidine groups is 1. The smallest absolute Gasteiger partial charge is 0.193 e. The predicted octanol–water partition coefficient (Wildman–Crippen LogP) is 0.318. The molecule has 2 aliphatic heterocycles. The minimum Gasteiger partial charge on any atom is -0.379 e. The number of ether oxygens (including phenoxy) is 1. The van der Waals surface area contributed by atoms with Gasteiger partial charge in [0.15, 0.2) is 5.96 Å². The van der Waals surface area contributed by atoms with E-state index in [4.69, 9.17) is 9.26 Å². The van der Waals surface area contributed by atoms with Crippen molar-refractivity contribution in [1.29, 1.82) is 0 Å². The third kappa shape index (κ3) is 6.39. The summed E-state index contributed by atoms with van der Waals surface area (Å²) in [5, 5.41) is 7.48. The van der Waals surface area contributed by atoms with Crippen molar-refractivity contribution < 1.29 is 9.26 Å². The van der Waals surface area contributed by atoms with Crippen molar-refractivity contribution in [1.82, 2.24) is 25.2 Å². The summed E-state index contributed by atoms with van der Waals surface area (Å²) >= 11 is 0. The lowest BCUT2D eigenvalue weighted by molar-refractivity contribution is 0.0388. The van der Waals surface area contributed by atoms with Crippen LogP contribution in [0, 0.1) is 0 Å². The van der Waals surface area contributed by atoms with Gasteiger partial charge in [0.05, 0.1) is 18.9 Å². The van der Waals surface area contributed by atoms with Crippen LogP contribution in [0.3, 0.4) is 0 Å². The first kappa shape index (κ1) is 20.4. The number of morpholine rings is 1. The van der Waals surface area contributed by atoms with E-state index in [1.54, 1.807) is 6.26 Å². The number of piperazine rings is 1. The first-order valence-electron chi connectivity index (χ1n) is 8.72. The second-order valence-electron chi connectivity index (χ2n) is 6.18. The highest BCUT2D eigenvalue weighted by molar-refractivity contribution is 14.0. The Hall–Kier alpha value is -0.910. The summed E-state index contributed by atoms with van der Waals surface area (Å²) in [4.78, 5) is 11.6. The van der Waals surface area contributed by atoms with Crippen LogP contribution in [0.4, 0.5) is 0 Å². The highest BCUT2D eigenvalue weighted by Gasteiger charge is 2.20. The first-order chi connectivity index (χ1) is 11.8. The molecule has 0 aromatic carbocycles. The van der Waals surface area contributed by atoms with Gasteiger partial charge in [-0.3, -0.25) is 14.8 Å². The maximum absolute atomic E-state index is 5.38. The molecule has 0 aliphatic carbocycles. The van der Waals surface area contributed by atoms with Gasteiger partial charge in [0.1, 0.15) is 6.26 Å². The van der Waals surface area contributed by atoms with Crippen LogP contribution < -0.4 is 5.32 Å². The standard InChI is InChI=1S/C16H28N6O2.HI/c1-17-16(18-3-4-20-9-12-23-13-10-20)22-7-5-21(6-8-22)14-15-2-11-24-19-15;/h2,11H,3-10,12-14H2,1H3,(H,17,18);1H. The maximum atomic E-state index is 5.38. The molecule has 9 heteroatoms. The number of aromatic nitrogens is 1. The lowest BCUT2D eigenvalue weighted by Crippen LogP contribution is -2.53. The molecule has 0 radical (unpaired) electrons. The molecule has 0 amide bonds. The maximum Gasteiger partial charge on any atom is 0.193 e. The Kier molecular flexibility index (Phi) is 8.93. The lowest BCUT2D eigenvalue weighted by Gasteiger charge is -2.36. The molecule has 1 N–H and O–H groups in total. The van der Waals surface area contributed by atoms with Crippen molar-refractivity contribution in [3.63, 3.8) is 0 Å². The number of nitrogens with one attached hydrogen (secondary N) is 1. The van der Waals surface area contributed by atoms with Crippen LogP contribution in [0.25, 0.3) is 0 Å². The third-order valence-corrected chi connectivity index (χ3v) is 4.58. The first-order valence-corrected chi connectivity index (χ1v) is 8.72. The summed E-state index contributed by atoms with van der Waals surface area (Å²) in [5.74, 6) is 1.00. The fourth-order valence-electron chi connectivity index (χ4n) is 3.15. The molecule has 2 saturated heterocycles. The van der Waals surface area contributed by atoms with Gasteiger partial charge in [0.2, 0.25) is 0 Å². The Morgan fingerprint density at radius 3 is 2.56 bits per heavy atom. The van der Waals surface area contributed by atoms with Crippen molar-refractivity contribution in [2.45, 2.75) is 6.54 Å². The second-order valence-corrected chi connectivity index (χ2v) is 6.18. The summed E-state index contributed by atoms with van der Waals surface area (Å²) in [6.45, 7) is 10.6. The SMILES string of the molecule is CN=C(NCCN1CCOCC1)N1CCN(Cc2ccon2)CC1.I. The van der Waals surface area contributed by atoms with Crippen LogP contribution >= 0.6 is 24.0 Å². The molecule has 142 valence electrons. The summed E-state index contributed by atoms with van der Waals surface area (Å²) < 4.78 is 10.3. The Labute approximate surface area is 166 Å². The Bertz CT molecular complexity index is 499. The molecule has 0 bridgehead atoms. The second kappa shape index (κ2) is 10.9. The van der Waals surface area contributed by atoms with Crippen LogP contribution in [-0.4, -0.2) is 98.4 Å². The summed E-state index contributed by atoms with van der Waals surface area (Å²) in [6, 6.07) is 1.93. The van der Waals surface area contributed by atoms with E-state index in [0.717, 1.165) is 83.8 Å². The minimum absolute atomic E-state index is 0. The topological polar surface area (TPSA) is 69.4 Å². The molecule has 0 unspecified atom stereocenters. The minimum atomic E-state index is 0. The fourth-order valence-corrected chi connectivity index (χ4v) is 3.15. The molecule has 2 fully saturated rings. The molecule has 1 aromatic rings. The molecule has 1 aromatic heterocycles. The average Bonchev–Trinajstić information content (AvgIpc) is 3.14. The molecule has 2 aliphatic rings. The molecule has 3 rings (SSSR count). The van der Waals surface area contributed by atoms with E-state index in [2.05, 4.69) is 30.2 Å². The van der Waals surface area contributed by atoms with Gasteiger partial charge >= 0.3 is 0 Å².